The van der Waals surface area contributed by atoms with E-state index in [2.05, 4.69) is 6.07 Å². The van der Waals surface area contributed by atoms with Gasteiger partial charge in [-0.15, -0.1) is 0 Å². The molecule has 3 heteroatoms. The van der Waals surface area contributed by atoms with Gasteiger partial charge >= 0.3 is 5.97 Å². The number of hydrogen-bond donors (Lipinski definition) is 0. The molecule has 0 aliphatic carbocycles. The summed E-state index contributed by atoms with van der Waals surface area (Å²) in [4.78, 5) is 11.6. The quantitative estimate of drug-likeness (QED) is 0.737. The van der Waals surface area contributed by atoms with Crippen molar-refractivity contribution in [3.05, 3.63) is 29.3 Å². The molecule has 0 amide bonds. The maximum absolute atomic E-state index is 11.6. The van der Waals surface area contributed by atoms with Crippen LogP contribution in [0.25, 0.3) is 0 Å². The second kappa shape index (κ2) is 6.28. The fraction of sp³-hybridized carbons (Fsp3) is 0.500. The highest BCUT2D eigenvalue weighted by Gasteiger charge is 2.19. The zero-order valence-electron chi connectivity index (χ0n) is 10.9. The van der Waals surface area contributed by atoms with Gasteiger partial charge in [0.1, 0.15) is 5.75 Å². The van der Waals surface area contributed by atoms with Crippen molar-refractivity contribution in [2.24, 2.45) is 0 Å². The molecule has 0 aromatic heterocycles. The van der Waals surface area contributed by atoms with Crippen LogP contribution < -0.4 is 4.74 Å². The Hall–Kier alpha value is -1.51. The monoisotopic (exact) mass is 236 g/mol. The molecule has 1 unspecified atom stereocenters. The zero-order chi connectivity index (χ0) is 12.8. The van der Waals surface area contributed by atoms with E-state index in [0.29, 0.717) is 13.0 Å². The molecule has 1 aromatic rings. The summed E-state index contributed by atoms with van der Waals surface area (Å²) < 4.78 is 10.6. The van der Waals surface area contributed by atoms with Crippen LogP contribution in [0.2, 0.25) is 0 Å². The minimum atomic E-state index is -0.517. The maximum Gasteiger partial charge on any atom is 0.347 e. The Labute approximate surface area is 103 Å². The summed E-state index contributed by atoms with van der Waals surface area (Å²) in [6.07, 6.45) is 0.0855. The van der Waals surface area contributed by atoms with E-state index in [9.17, 15) is 4.79 Å². The molecule has 94 valence electrons. The van der Waals surface area contributed by atoms with Gasteiger partial charge in [-0.25, -0.2) is 4.79 Å². The Morgan fingerprint density at radius 2 is 1.76 bits per heavy atom. The summed E-state index contributed by atoms with van der Waals surface area (Å²) in [6, 6.07) is 5.92. The van der Waals surface area contributed by atoms with Crippen LogP contribution in [0.1, 0.15) is 31.4 Å². The molecule has 0 aliphatic heterocycles. The lowest BCUT2D eigenvalue weighted by atomic mass is 10.1. The summed E-state index contributed by atoms with van der Waals surface area (Å²) in [7, 11) is 0. The summed E-state index contributed by atoms with van der Waals surface area (Å²) in [6.45, 7) is 8.09. The highest BCUT2D eigenvalue weighted by molar-refractivity contribution is 5.75. The number of benzene rings is 1. The van der Waals surface area contributed by atoms with Gasteiger partial charge in [-0.05, 0) is 50.5 Å². The first-order valence-electron chi connectivity index (χ1n) is 5.98. The molecule has 0 radical (unpaired) electrons. The number of aryl methyl sites for hydroxylation is 2. The van der Waals surface area contributed by atoms with E-state index >= 15 is 0 Å². The molecule has 17 heavy (non-hydrogen) atoms. The Kier molecular flexibility index (Phi) is 5.01. The highest BCUT2D eigenvalue weighted by atomic mass is 16.6. The van der Waals surface area contributed by atoms with Gasteiger partial charge in [-0.3, -0.25) is 0 Å². The molecule has 0 aliphatic rings. The Bertz CT molecular complexity index is 365. The number of hydrogen-bond acceptors (Lipinski definition) is 3. The van der Waals surface area contributed by atoms with Gasteiger partial charge < -0.3 is 9.47 Å². The average molecular weight is 236 g/mol. The predicted octanol–water partition coefficient (Wildman–Crippen LogP) is 3.02. The minimum Gasteiger partial charge on any atom is -0.479 e. The summed E-state index contributed by atoms with van der Waals surface area (Å²) in [5.74, 6) is 0.427. The van der Waals surface area contributed by atoms with Crippen LogP contribution in [0.5, 0.6) is 5.75 Å². The van der Waals surface area contributed by atoms with Gasteiger partial charge in [0.2, 0.25) is 0 Å². The number of rotatable bonds is 5. The molecule has 0 fully saturated rings. The standard InChI is InChI=1S/C14H20O3/c1-5-13(14(15)16-6-2)17-12-8-10(3)7-11(4)9-12/h7-9,13H,5-6H2,1-4H3. The average Bonchev–Trinajstić information content (AvgIpc) is 2.24. The lowest BCUT2D eigenvalue weighted by Gasteiger charge is -2.16. The SMILES string of the molecule is CCOC(=O)C(CC)Oc1cc(C)cc(C)c1. The number of ether oxygens (including phenoxy) is 2. The maximum atomic E-state index is 11.6. The topological polar surface area (TPSA) is 35.5 Å². The lowest BCUT2D eigenvalue weighted by Crippen LogP contribution is -2.28. The van der Waals surface area contributed by atoms with Crippen LogP contribution in [0, 0.1) is 13.8 Å². The van der Waals surface area contributed by atoms with E-state index in [1.54, 1.807) is 6.92 Å². The van der Waals surface area contributed by atoms with Gasteiger partial charge in [0, 0.05) is 0 Å². The van der Waals surface area contributed by atoms with Crippen molar-refractivity contribution in [3.63, 3.8) is 0 Å². The van der Waals surface area contributed by atoms with Crippen molar-refractivity contribution in [1.29, 1.82) is 0 Å². The molecule has 1 atom stereocenters. The third kappa shape index (κ3) is 4.10. The fourth-order valence-electron chi connectivity index (χ4n) is 1.70. The van der Waals surface area contributed by atoms with Gasteiger partial charge in [-0.2, -0.15) is 0 Å². The first-order valence-corrected chi connectivity index (χ1v) is 5.98. The molecular formula is C14H20O3. The lowest BCUT2D eigenvalue weighted by molar-refractivity contribution is -0.151. The smallest absolute Gasteiger partial charge is 0.347 e. The third-order valence-corrected chi connectivity index (χ3v) is 2.39. The van der Waals surface area contributed by atoms with Crippen molar-refractivity contribution in [2.45, 2.75) is 40.2 Å². The number of esters is 1. The molecule has 0 heterocycles. The van der Waals surface area contributed by atoms with E-state index < -0.39 is 6.10 Å². The third-order valence-electron chi connectivity index (χ3n) is 2.39. The highest BCUT2D eigenvalue weighted by Crippen LogP contribution is 2.18. The van der Waals surface area contributed by atoms with Crippen molar-refractivity contribution in [2.75, 3.05) is 6.61 Å². The molecule has 0 N–H and O–H groups in total. The van der Waals surface area contributed by atoms with Gasteiger partial charge in [0.25, 0.3) is 0 Å². The van der Waals surface area contributed by atoms with Gasteiger partial charge in [0.05, 0.1) is 6.61 Å². The number of carbonyl (C=O) groups is 1. The van der Waals surface area contributed by atoms with Crippen LogP contribution >= 0.6 is 0 Å². The number of carbonyl (C=O) groups excluding carboxylic acids is 1. The molecule has 1 aromatic carbocycles. The Balaban J connectivity index is 2.76. The molecule has 0 spiro atoms. The van der Waals surface area contributed by atoms with E-state index in [0.717, 1.165) is 16.9 Å². The van der Waals surface area contributed by atoms with Crippen molar-refractivity contribution < 1.29 is 14.3 Å². The molecular weight excluding hydrogens is 216 g/mol. The zero-order valence-corrected chi connectivity index (χ0v) is 10.9. The Morgan fingerprint density at radius 3 is 2.24 bits per heavy atom. The van der Waals surface area contributed by atoms with Gasteiger partial charge in [-0.1, -0.05) is 13.0 Å². The molecule has 0 bridgehead atoms. The van der Waals surface area contributed by atoms with Crippen molar-refractivity contribution >= 4 is 5.97 Å². The second-order valence-electron chi connectivity index (χ2n) is 4.09. The first-order chi connectivity index (χ1) is 8.06. The predicted molar refractivity (Wildman–Crippen MR) is 67.3 cm³/mol. The molecule has 3 nitrogen and oxygen atoms in total. The molecule has 1 rings (SSSR count). The minimum absolute atomic E-state index is 0.297. The van der Waals surface area contributed by atoms with Crippen LogP contribution in [0.15, 0.2) is 18.2 Å². The summed E-state index contributed by atoms with van der Waals surface area (Å²) in [5.41, 5.74) is 2.25. The van der Waals surface area contributed by atoms with Crippen molar-refractivity contribution in [1.82, 2.24) is 0 Å². The summed E-state index contributed by atoms with van der Waals surface area (Å²) in [5, 5.41) is 0. The van der Waals surface area contributed by atoms with Crippen LogP contribution in [0.4, 0.5) is 0 Å². The molecule has 0 saturated carbocycles. The Morgan fingerprint density at radius 1 is 1.18 bits per heavy atom. The van der Waals surface area contributed by atoms with E-state index in [-0.39, 0.29) is 5.97 Å². The molecule has 0 saturated heterocycles. The van der Waals surface area contributed by atoms with E-state index in [1.165, 1.54) is 0 Å². The van der Waals surface area contributed by atoms with Crippen LogP contribution in [0.3, 0.4) is 0 Å². The second-order valence-corrected chi connectivity index (χ2v) is 4.09. The normalized spacial score (nSPS) is 12.0. The van der Waals surface area contributed by atoms with Crippen LogP contribution in [-0.4, -0.2) is 18.7 Å². The van der Waals surface area contributed by atoms with E-state index in [4.69, 9.17) is 9.47 Å². The largest absolute Gasteiger partial charge is 0.479 e. The fourth-order valence-corrected chi connectivity index (χ4v) is 1.70. The van der Waals surface area contributed by atoms with Crippen molar-refractivity contribution in [3.8, 4) is 5.75 Å². The van der Waals surface area contributed by atoms with Crippen LogP contribution in [-0.2, 0) is 9.53 Å². The summed E-state index contributed by atoms with van der Waals surface area (Å²) >= 11 is 0. The first kappa shape index (κ1) is 13.6. The van der Waals surface area contributed by atoms with E-state index in [1.807, 2.05) is 32.9 Å². The van der Waals surface area contributed by atoms with Gasteiger partial charge in [0.15, 0.2) is 6.10 Å².